The maximum atomic E-state index is 5.79. The Hall–Kier alpha value is -1.68. The average Bonchev–Trinajstić information content (AvgIpc) is 2.27. The van der Waals surface area contributed by atoms with Crippen molar-refractivity contribution in [2.24, 2.45) is 7.05 Å². The topological polar surface area (TPSA) is 45.7 Å². The summed E-state index contributed by atoms with van der Waals surface area (Å²) in [5, 5.41) is 3.03. The highest BCUT2D eigenvalue weighted by atomic mass is 32.1. The molecular formula is C12H14N3S+. The number of nitrogens with two attached hydrogens (primary N) is 1. The molecule has 1 aromatic carbocycles. The molecule has 1 aromatic heterocycles. The minimum atomic E-state index is 0.583. The number of aryl methyl sites for hydroxylation is 1. The number of nitrogens with zero attached hydrogens (tertiary/aromatic N) is 1. The van der Waals surface area contributed by atoms with Crippen LogP contribution in [0.4, 0.5) is 5.69 Å². The Bertz CT molecular complexity index is 546. The Balaban J connectivity index is 2.36. The molecule has 2 aromatic rings. The lowest BCUT2D eigenvalue weighted by Gasteiger charge is -2.01. The first-order chi connectivity index (χ1) is 7.66. The summed E-state index contributed by atoms with van der Waals surface area (Å²) in [7, 11) is 1.94. The number of hydrogen-bond acceptors (Lipinski definition) is 2. The van der Waals surface area contributed by atoms with Gasteiger partial charge < -0.3 is 5.73 Å². The van der Waals surface area contributed by atoms with Gasteiger partial charge in [0.1, 0.15) is 0 Å². The van der Waals surface area contributed by atoms with Crippen molar-refractivity contribution in [2.75, 3.05) is 5.73 Å². The molecule has 0 saturated carbocycles. The van der Waals surface area contributed by atoms with Crippen molar-refractivity contribution in [3.8, 4) is 0 Å². The molecule has 16 heavy (non-hydrogen) atoms. The van der Waals surface area contributed by atoms with Crippen LogP contribution in [0.25, 0.3) is 0 Å². The van der Waals surface area contributed by atoms with Gasteiger partial charge in [-0.15, -0.1) is 4.68 Å². The van der Waals surface area contributed by atoms with Crippen molar-refractivity contribution < 1.29 is 4.68 Å². The summed E-state index contributed by atoms with van der Waals surface area (Å²) >= 11 is 5.06. The van der Waals surface area contributed by atoms with Crippen LogP contribution in [-0.2, 0) is 13.5 Å². The molecule has 0 bridgehead atoms. The van der Waals surface area contributed by atoms with Crippen LogP contribution in [0.15, 0.2) is 36.4 Å². The molecule has 0 aliphatic heterocycles. The molecule has 4 heteroatoms. The van der Waals surface area contributed by atoms with Crippen molar-refractivity contribution in [1.82, 2.24) is 5.10 Å². The van der Waals surface area contributed by atoms with E-state index < -0.39 is 0 Å². The number of nitrogen functional groups attached to an aromatic ring is 1. The van der Waals surface area contributed by atoms with Crippen LogP contribution in [-0.4, -0.2) is 5.10 Å². The first kappa shape index (κ1) is 10.8. The van der Waals surface area contributed by atoms with Gasteiger partial charge in [0.15, 0.2) is 11.7 Å². The fraction of sp³-hybridized carbons (Fsp3) is 0.167. The lowest BCUT2D eigenvalue weighted by molar-refractivity contribution is -0.737. The minimum absolute atomic E-state index is 0.583. The molecule has 0 fully saturated rings. The SMILES string of the molecule is C[n+]1[nH]c(=S)c(N)cc1Cc1ccccc1. The van der Waals surface area contributed by atoms with E-state index in [0.29, 0.717) is 10.3 Å². The second kappa shape index (κ2) is 4.45. The molecule has 0 spiro atoms. The van der Waals surface area contributed by atoms with Crippen molar-refractivity contribution in [3.63, 3.8) is 0 Å². The van der Waals surface area contributed by atoms with Crippen molar-refractivity contribution in [3.05, 3.63) is 52.3 Å². The third-order valence-corrected chi connectivity index (χ3v) is 2.84. The van der Waals surface area contributed by atoms with E-state index in [1.807, 2.05) is 36.0 Å². The first-order valence-electron chi connectivity index (χ1n) is 5.08. The summed E-state index contributed by atoms with van der Waals surface area (Å²) < 4.78 is 2.49. The number of aromatic nitrogens is 2. The Labute approximate surface area is 99.5 Å². The molecular weight excluding hydrogens is 218 g/mol. The van der Waals surface area contributed by atoms with E-state index in [-0.39, 0.29) is 0 Å². The van der Waals surface area contributed by atoms with Crippen molar-refractivity contribution in [1.29, 1.82) is 0 Å². The van der Waals surface area contributed by atoms with Crippen LogP contribution in [0.3, 0.4) is 0 Å². The molecule has 2 rings (SSSR count). The number of anilines is 1. The van der Waals surface area contributed by atoms with Crippen LogP contribution in [0.2, 0.25) is 0 Å². The van der Waals surface area contributed by atoms with Gasteiger partial charge >= 0.3 is 0 Å². The molecule has 3 N–H and O–H groups in total. The summed E-state index contributed by atoms with van der Waals surface area (Å²) in [5.74, 6) is 0. The van der Waals surface area contributed by atoms with Gasteiger partial charge in [-0.3, -0.25) is 0 Å². The molecule has 0 aliphatic carbocycles. The van der Waals surface area contributed by atoms with E-state index in [0.717, 1.165) is 12.1 Å². The van der Waals surface area contributed by atoms with E-state index in [4.69, 9.17) is 18.0 Å². The third-order valence-electron chi connectivity index (χ3n) is 2.51. The highest BCUT2D eigenvalue weighted by Gasteiger charge is 2.09. The number of H-pyrrole nitrogens is 1. The Kier molecular flexibility index (Phi) is 3.01. The number of nitrogens with one attached hydrogen (secondary N) is 1. The summed E-state index contributed by atoms with van der Waals surface area (Å²) in [6, 6.07) is 12.2. The molecule has 0 radical (unpaired) electrons. The van der Waals surface area contributed by atoms with Gasteiger partial charge in [0.05, 0.1) is 12.1 Å². The van der Waals surface area contributed by atoms with Crippen LogP contribution in [0.5, 0.6) is 0 Å². The summed E-state index contributed by atoms with van der Waals surface area (Å²) in [6.07, 6.45) is 0.841. The zero-order valence-electron chi connectivity index (χ0n) is 9.10. The smallest absolute Gasteiger partial charge is 0.212 e. The van der Waals surface area contributed by atoms with E-state index in [2.05, 4.69) is 17.2 Å². The molecule has 0 amide bonds. The van der Waals surface area contributed by atoms with Gasteiger partial charge in [0.25, 0.3) is 0 Å². The standard InChI is InChI=1S/C12H13N3S/c1-15-10(8-11(13)12(16)14-15)7-9-5-3-2-4-6-9/h2-6,8,13H,7H2,1H3,(H,14,16)/p+1. The first-order valence-corrected chi connectivity index (χ1v) is 5.49. The normalized spacial score (nSPS) is 10.3. The maximum absolute atomic E-state index is 5.79. The fourth-order valence-electron chi connectivity index (χ4n) is 1.61. The van der Waals surface area contributed by atoms with E-state index in [1.54, 1.807) is 0 Å². The molecule has 82 valence electrons. The van der Waals surface area contributed by atoms with Crippen LogP contribution in [0.1, 0.15) is 11.3 Å². The predicted molar refractivity (Wildman–Crippen MR) is 66.5 cm³/mol. The largest absolute Gasteiger partial charge is 0.396 e. The van der Waals surface area contributed by atoms with Crippen LogP contribution >= 0.6 is 12.2 Å². The quantitative estimate of drug-likeness (QED) is 0.612. The molecule has 0 atom stereocenters. The second-order valence-electron chi connectivity index (χ2n) is 3.75. The van der Waals surface area contributed by atoms with E-state index >= 15 is 0 Å². The Morgan fingerprint density at radius 3 is 2.69 bits per heavy atom. The second-order valence-corrected chi connectivity index (χ2v) is 4.16. The van der Waals surface area contributed by atoms with Crippen LogP contribution in [0, 0.1) is 4.64 Å². The lowest BCUT2D eigenvalue weighted by atomic mass is 10.1. The van der Waals surface area contributed by atoms with Gasteiger partial charge in [-0.2, -0.15) is 5.10 Å². The molecule has 0 saturated heterocycles. The fourth-order valence-corrected chi connectivity index (χ4v) is 1.80. The van der Waals surface area contributed by atoms with Gasteiger partial charge in [-0.1, -0.05) is 42.5 Å². The summed E-state index contributed by atoms with van der Waals surface area (Å²) in [5.41, 5.74) is 8.78. The van der Waals surface area contributed by atoms with Crippen LogP contribution < -0.4 is 10.4 Å². The number of rotatable bonds is 2. The van der Waals surface area contributed by atoms with Gasteiger partial charge in [-0.25, -0.2) is 0 Å². The van der Waals surface area contributed by atoms with Gasteiger partial charge in [-0.05, 0) is 5.56 Å². The molecule has 3 nitrogen and oxygen atoms in total. The Morgan fingerprint density at radius 2 is 2.00 bits per heavy atom. The van der Waals surface area contributed by atoms with E-state index in [1.165, 1.54) is 5.56 Å². The monoisotopic (exact) mass is 232 g/mol. The van der Waals surface area contributed by atoms with E-state index in [9.17, 15) is 0 Å². The summed E-state index contributed by atoms with van der Waals surface area (Å²) in [4.78, 5) is 0. The maximum Gasteiger partial charge on any atom is 0.212 e. The molecule has 1 heterocycles. The third kappa shape index (κ3) is 2.28. The summed E-state index contributed by atoms with van der Waals surface area (Å²) in [6.45, 7) is 0. The number of benzene rings is 1. The molecule has 0 aliphatic rings. The van der Waals surface area contributed by atoms with Gasteiger partial charge in [0, 0.05) is 6.07 Å². The van der Waals surface area contributed by atoms with Gasteiger partial charge in [0.2, 0.25) is 5.69 Å². The highest BCUT2D eigenvalue weighted by Crippen LogP contribution is 2.08. The zero-order chi connectivity index (χ0) is 11.5. The minimum Gasteiger partial charge on any atom is -0.396 e. The highest BCUT2D eigenvalue weighted by molar-refractivity contribution is 7.71. The lowest BCUT2D eigenvalue weighted by Crippen LogP contribution is -2.38. The number of aromatic amines is 1. The Morgan fingerprint density at radius 1 is 1.31 bits per heavy atom. The zero-order valence-corrected chi connectivity index (χ0v) is 9.92. The van der Waals surface area contributed by atoms with Crippen molar-refractivity contribution >= 4 is 17.9 Å². The number of hydrogen-bond donors (Lipinski definition) is 2. The average molecular weight is 232 g/mol. The van der Waals surface area contributed by atoms with Crippen molar-refractivity contribution in [2.45, 2.75) is 6.42 Å². The molecule has 0 unspecified atom stereocenters. The predicted octanol–water partition coefficient (Wildman–Crippen LogP) is 1.74.